The van der Waals surface area contributed by atoms with Gasteiger partial charge in [0.05, 0.1) is 0 Å². The number of nitrogens with zero attached hydrogens (tertiary/aromatic N) is 1. The second-order valence-electron chi connectivity index (χ2n) is 6.83. The topological polar surface area (TPSA) is 49.4 Å². The monoisotopic (exact) mass is 298 g/mol. The lowest BCUT2D eigenvalue weighted by Gasteiger charge is -2.18. The lowest BCUT2D eigenvalue weighted by Crippen LogP contribution is -2.30. The lowest BCUT2D eigenvalue weighted by molar-refractivity contribution is -0.120. The fourth-order valence-electron chi connectivity index (χ4n) is 3.67. The number of carbonyl (C=O) groups is 2. The van der Waals surface area contributed by atoms with Crippen molar-refractivity contribution < 1.29 is 9.59 Å². The standard InChI is InChI=1S/C18H22N2O2/c21-17(13-3-1-2-4-13)19-15-8-7-12-9-10-20(16(12)11-15)18(22)14-5-6-14/h7-8,11,13-14H,1-6,9-10H2,(H,19,21). The molecule has 4 rings (SSSR count). The van der Waals surface area contributed by atoms with Crippen LogP contribution in [-0.2, 0) is 16.0 Å². The first kappa shape index (κ1) is 13.8. The van der Waals surface area contributed by atoms with Crippen molar-refractivity contribution in [3.63, 3.8) is 0 Å². The first-order valence-corrected chi connectivity index (χ1v) is 8.47. The average molecular weight is 298 g/mol. The van der Waals surface area contributed by atoms with Gasteiger partial charge in [-0.3, -0.25) is 9.59 Å². The molecule has 1 aromatic carbocycles. The highest BCUT2D eigenvalue weighted by Gasteiger charge is 2.36. The summed E-state index contributed by atoms with van der Waals surface area (Å²) in [6.07, 6.45) is 7.31. The van der Waals surface area contributed by atoms with E-state index in [1.165, 1.54) is 5.56 Å². The third kappa shape index (κ3) is 2.51. The van der Waals surface area contributed by atoms with Crippen LogP contribution in [0.1, 0.15) is 44.1 Å². The summed E-state index contributed by atoms with van der Waals surface area (Å²) in [5, 5.41) is 3.04. The second-order valence-corrected chi connectivity index (χ2v) is 6.83. The highest BCUT2D eigenvalue weighted by molar-refractivity contribution is 6.00. The number of fused-ring (bicyclic) bond motifs is 1. The van der Waals surface area contributed by atoms with Crippen LogP contribution >= 0.6 is 0 Å². The number of carbonyl (C=O) groups excluding carboxylic acids is 2. The van der Waals surface area contributed by atoms with Crippen molar-refractivity contribution in [2.45, 2.75) is 44.9 Å². The molecule has 2 amide bonds. The van der Waals surface area contributed by atoms with E-state index in [2.05, 4.69) is 11.4 Å². The van der Waals surface area contributed by atoms with E-state index >= 15 is 0 Å². The molecule has 2 fully saturated rings. The van der Waals surface area contributed by atoms with Gasteiger partial charge in [-0.15, -0.1) is 0 Å². The van der Waals surface area contributed by atoms with Crippen molar-refractivity contribution in [2.75, 3.05) is 16.8 Å². The number of amides is 2. The summed E-state index contributed by atoms with van der Waals surface area (Å²) in [5.41, 5.74) is 3.04. The van der Waals surface area contributed by atoms with E-state index in [0.717, 1.165) is 62.9 Å². The normalized spacial score (nSPS) is 21.0. The van der Waals surface area contributed by atoms with E-state index < -0.39 is 0 Å². The van der Waals surface area contributed by atoms with Gasteiger partial charge in [-0.25, -0.2) is 0 Å². The zero-order chi connectivity index (χ0) is 15.1. The molecular formula is C18H22N2O2. The summed E-state index contributed by atoms with van der Waals surface area (Å²) in [6, 6.07) is 6.01. The first-order chi connectivity index (χ1) is 10.7. The van der Waals surface area contributed by atoms with Crippen molar-refractivity contribution in [1.82, 2.24) is 0 Å². The van der Waals surface area contributed by atoms with Crippen molar-refractivity contribution in [3.05, 3.63) is 23.8 Å². The summed E-state index contributed by atoms with van der Waals surface area (Å²) < 4.78 is 0. The summed E-state index contributed by atoms with van der Waals surface area (Å²) >= 11 is 0. The smallest absolute Gasteiger partial charge is 0.230 e. The molecule has 116 valence electrons. The molecule has 0 bridgehead atoms. The number of nitrogens with one attached hydrogen (secondary N) is 1. The van der Waals surface area contributed by atoms with Gasteiger partial charge in [-0.05, 0) is 49.8 Å². The Morgan fingerprint density at radius 2 is 1.82 bits per heavy atom. The SMILES string of the molecule is O=C(Nc1ccc2c(c1)N(C(=O)C1CC1)CC2)C1CCCC1. The third-order valence-electron chi connectivity index (χ3n) is 5.17. The molecular weight excluding hydrogens is 276 g/mol. The maximum absolute atomic E-state index is 12.4. The molecule has 1 aliphatic heterocycles. The molecule has 0 unspecified atom stereocenters. The predicted molar refractivity (Wildman–Crippen MR) is 85.8 cm³/mol. The average Bonchev–Trinajstić information content (AvgIpc) is 3.07. The van der Waals surface area contributed by atoms with Crippen LogP contribution in [0.15, 0.2) is 18.2 Å². The largest absolute Gasteiger partial charge is 0.326 e. The molecule has 0 aromatic heterocycles. The van der Waals surface area contributed by atoms with Crippen LogP contribution in [0.3, 0.4) is 0 Å². The number of rotatable bonds is 3. The van der Waals surface area contributed by atoms with Crippen molar-refractivity contribution in [3.8, 4) is 0 Å². The molecule has 0 spiro atoms. The summed E-state index contributed by atoms with van der Waals surface area (Å²) in [7, 11) is 0. The van der Waals surface area contributed by atoms with E-state index in [1.807, 2.05) is 17.0 Å². The van der Waals surface area contributed by atoms with Crippen LogP contribution in [0.4, 0.5) is 11.4 Å². The Bertz CT molecular complexity index is 616. The molecule has 1 aromatic rings. The molecule has 1 N–H and O–H groups in total. The van der Waals surface area contributed by atoms with Gasteiger partial charge in [-0.2, -0.15) is 0 Å². The van der Waals surface area contributed by atoms with Crippen LogP contribution in [0.2, 0.25) is 0 Å². The number of benzene rings is 1. The van der Waals surface area contributed by atoms with Gasteiger partial charge in [0.2, 0.25) is 11.8 Å². The van der Waals surface area contributed by atoms with Gasteiger partial charge in [0.1, 0.15) is 0 Å². The number of anilines is 2. The first-order valence-electron chi connectivity index (χ1n) is 8.47. The third-order valence-corrected chi connectivity index (χ3v) is 5.17. The van der Waals surface area contributed by atoms with Crippen LogP contribution < -0.4 is 10.2 Å². The molecule has 0 atom stereocenters. The minimum atomic E-state index is 0.135. The van der Waals surface area contributed by atoms with E-state index in [0.29, 0.717) is 0 Å². The Kier molecular flexibility index (Phi) is 3.40. The van der Waals surface area contributed by atoms with Crippen molar-refractivity contribution in [2.24, 2.45) is 11.8 Å². The van der Waals surface area contributed by atoms with Crippen molar-refractivity contribution >= 4 is 23.2 Å². The lowest BCUT2D eigenvalue weighted by atomic mass is 10.1. The van der Waals surface area contributed by atoms with Gasteiger partial charge in [0, 0.05) is 29.8 Å². The highest BCUT2D eigenvalue weighted by Crippen LogP contribution is 2.37. The minimum Gasteiger partial charge on any atom is -0.326 e. The predicted octanol–water partition coefficient (Wildman–Crippen LogP) is 3.11. The van der Waals surface area contributed by atoms with Crippen LogP contribution in [0.5, 0.6) is 0 Å². The Labute approximate surface area is 130 Å². The van der Waals surface area contributed by atoms with Gasteiger partial charge in [0.25, 0.3) is 0 Å². The highest BCUT2D eigenvalue weighted by atomic mass is 16.2. The molecule has 4 nitrogen and oxygen atoms in total. The maximum atomic E-state index is 12.4. The molecule has 4 heteroatoms. The van der Waals surface area contributed by atoms with Crippen LogP contribution in [-0.4, -0.2) is 18.4 Å². The Morgan fingerprint density at radius 3 is 2.55 bits per heavy atom. The van der Waals surface area contributed by atoms with Gasteiger partial charge in [-0.1, -0.05) is 18.9 Å². The van der Waals surface area contributed by atoms with Gasteiger partial charge in [0.15, 0.2) is 0 Å². The molecule has 3 aliphatic rings. The van der Waals surface area contributed by atoms with Crippen molar-refractivity contribution in [1.29, 1.82) is 0 Å². The van der Waals surface area contributed by atoms with Crippen LogP contribution in [0.25, 0.3) is 0 Å². The zero-order valence-electron chi connectivity index (χ0n) is 12.8. The number of hydrogen-bond donors (Lipinski definition) is 1. The Balaban J connectivity index is 1.51. The molecule has 1 heterocycles. The van der Waals surface area contributed by atoms with E-state index in [-0.39, 0.29) is 23.7 Å². The fraction of sp³-hybridized carbons (Fsp3) is 0.556. The quantitative estimate of drug-likeness (QED) is 0.932. The number of hydrogen-bond acceptors (Lipinski definition) is 2. The van der Waals surface area contributed by atoms with Gasteiger partial charge >= 0.3 is 0 Å². The fourth-order valence-corrected chi connectivity index (χ4v) is 3.67. The summed E-state index contributed by atoms with van der Waals surface area (Å²) in [6.45, 7) is 0.782. The van der Waals surface area contributed by atoms with E-state index in [9.17, 15) is 9.59 Å². The Hall–Kier alpha value is -1.84. The van der Waals surface area contributed by atoms with E-state index in [4.69, 9.17) is 0 Å². The summed E-state index contributed by atoms with van der Waals surface area (Å²) in [4.78, 5) is 26.5. The molecule has 0 saturated heterocycles. The van der Waals surface area contributed by atoms with Gasteiger partial charge < -0.3 is 10.2 Å². The van der Waals surface area contributed by atoms with Crippen LogP contribution in [0, 0.1) is 11.8 Å². The zero-order valence-corrected chi connectivity index (χ0v) is 12.8. The minimum absolute atomic E-state index is 0.135. The molecule has 22 heavy (non-hydrogen) atoms. The second kappa shape index (κ2) is 5.41. The summed E-state index contributed by atoms with van der Waals surface area (Å²) in [5.74, 6) is 0.800. The molecule has 2 saturated carbocycles. The Morgan fingerprint density at radius 1 is 1.05 bits per heavy atom. The molecule has 0 radical (unpaired) electrons. The maximum Gasteiger partial charge on any atom is 0.230 e. The molecule has 2 aliphatic carbocycles. The van der Waals surface area contributed by atoms with E-state index in [1.54, 1.807) is 0 Å².